The molecule has 0 unspecified atom stereocenters. The van der Waals surface area contributed by atoms with Crippen LogP contribution >= 0.6 is 0 Å². The molecule has 6 heteroatoms. The third kappa shape index (κ3) is 8.56. The zero-order chi connectivity index (χ0) is 21.6. The van der Waals surface area contributed by atoms with E-state index in [-0.39, 0.29) is 5.91 Å². The standard InChI is InChI=1S/C24H39N3O3/c1-4-5-6-10-17-27-20-26(2)19-23(27)24(28)25-16-9-7-8-11-18-30-22-14-12-21(29-3)13-15-22/h12-15,19H,4-11,16-18,20H2,1-3H3,(H,25,28). The summed E-state index contributed by atoms with van der Waals surface area (Å²) < 4.78 is 10.9. The second-order valence-corrected chi connectivity index (χ2v) is 7.93. The Morgan fingerprint density at radius 3 is 2.43 bits per heavy atom. The van der Waals surface area contributed by atoms with Gasteiger partial charge >= 0.3 is 0 Å². The van der Waals surface area contributed by atoms with Crippen LogP contribution in [0.3, 0.4) is 0 Å². The highest BCUT2D eigenvalue weighted by molar-refractivity contribution is 5.93. The van der Waals surface area contributed by atoms with Crippen LogP contribution < -0.4 is 14.8 Å². The number of unbranched alkanes of at least 4 members (excludes halogenated alkanes) is 6. The Hall–Kier alpha value is -2.37. The molecule has 1 aliphatic heterocycles. The largest absolute Gasteiger partial charge is 0.497 e. The fourth-order valence-electron chi connectivity index (χ4n) is 3.53. The summed E-state index contributed by atoms with van der Waals surface area (Å²) in [5, 5.41) is 3.09. The van der Waals surface area contributed by atoms with E-state index in [4.69, 9.17) is 9.47 Å². The Morgan fingerprint density at radius 1 is 1.00 bits per heavy atom. The fourth-order valence-corrected chi connectivity index (χ4v) is 3.53. The summed E-state index contributed by atoms with van der Waals surface area (Å²) >= 11 is 0. The molecule has 0 radical (unpaired) electrons. The SMILES string of the molecule is CCCCCCN1CN(C)C=C1C(=O)NCCCCCCOc1ccc(OC)cc1. The van der Waals surface area contributed by atoms with Crippen molar-refractivity contribution in [2.75, 3.05) is 40.5 Å². The van der Waals surface area contributed by atoms with Crippen LogP contribution in [0.4, 0.5) is 0 Å². The Kier molecular flexibility index (Phi) is 11.0. The van der Waals surface area contributed by atoms with Crippen LogP contribution in [0.25, 0.3) is 0 Å². The number of methoxy groups -OCH3 is 1. The van der Waals surface area contributed by atoms with E-state index in [9.17, 15) is 4.79 Å². The number of benzene rings is 1. The van der Waals surface area contributed by atoms with Gasteiger partial charge in [-0.1, -0.05) is 39.0 Å². The van der Waals surface area contributed by atoms with Crippen LogP contribution in [0.5, 0.6) is 11.5 Å². The molecule has 0 fully saturated rings. The first kappa shape index (κ1) is 23.9. The molecule has 0 bridgehead atoms. The summed E-state index contributed by atoms with van der Waals surface area (Å²) in [6.45, 7) is 5.42. The number of hydrogen-bond acceptors (Lipinski definition) is 5. The van der Waals surface area contributed by atoms with Crippen molar-refractivity contribution in [2.45, 2.75) is 58.3 Å². The summed E-state index contributed by atoms with van der Waals surface area (Å²) in [7, 11) is 3.68. The van der Waals surface area contributed by atoms with Crippen LogP contribution in [-0.4, -0.2) is 56.2 Å². The first-order chi connectivity index (χ1) is 14.6. The predicted molar refractivity (Wildman–Crippen MR) is 122 cm³/mol. The van der Waals surface area contributed by atoms with Gasteiger partial charge in [0.2, 0.25) is 0 Å². The molecule has 168 valence electrons. The second kappa shape index (κ2) is 13.8. The molecule has 1 amide bonds. The van der Waals surface area contributed by atoms with Crippen molar-refractivity contribution in [3.05, 3.63) is 36.2 Å². The average molecular weight is 418 g/mol. The van der Waals surface area contributed by atoms with Gasteiger partial charge in [-0.2, -0.15) is 0 Å². The van der Waals surface area contributed by atoms with Gasteiger partial charge in [0, 0.05) is 26.3 Å². The van der Waals surface area contributed by atoms with Crippen molar-refractivity contribution in [3.63, 3.8) is 0 Å². The van der Waals surface area contributed by atoms with Gasteiger partial charge in [0.1, 0.15) is 17.2 Å². The van der Waals surface area contributed by atoms with Gasteiger partial charge in [-0.3, -0.25) is 4.79 Å². The molecular weight excluding hydrogens is 378 g/mol. The Balaban J connectivity index is 1.54. The first-order valence-corrected chi connectivity index (χ1v) is 11.4. The summed E-state index contributed by atoms with van der Waals surface area (Å²) in [5.74, 6) is 1.76. The molecule has 1 N–H and O–H groups in total. The zero-order valence-corrected chi connectivity index (χ0v) is 19.0. The van der Waals surface area contributed by atoms with E-state index in [0.29, 0.717) is 6.61 Å². The van der Waals surface area contributed by atoms with E-state index < -0.39 is 0 Å². The molecule has 0 saturated heterocycles. The molecule has 0 spiro atoms. The summed E-state index contributed by atoms with van der Waals surface area (Å²) in [6.07, 6.45) is 11.0. The third-order valence-corrected chi connectivity index (χ3v) is 5.28. The molecule has 1 aromatic rings. The summed E-state index contributed by atoms with van der Waals surface area (Å²) in [4.78, 5) is 16.8. The number of nitrogens with one attached hydrogen (secondary N) is 1. The highest BCUT2D eigenvalue weighted by atomic mass is 16.5. The topological polar surface area (TPSA) is 54.0 Å². The van der Waals surface area contributed by atoms with Crippen molar-refractivity contribution in [1.29, 1.82) is 0 Å². The summed E-state index contributed by atoms with van der Waals surface area (Å²) in [6, 6.07) is 7.66. The quantitative estimate of drug-likeness (QED) is 0.429. The van der Waals surface area contributed by atoms with Crippen LogP contribution in [0.2, 0.25) is 0 Å². The van der Waals surface area contributed by atoms with Gasteiger partial charge in [-0.15, -0.1) is 0 Å². The van der Waals surface area contributed by atoms with Gasteiger partial charge in [0.25, 0.3) is 5.91 Å². The zero-order valence-electron chi connectivity index (χ0n) is 19.0. The van der Waals surface area contributed by atoms with E-state index in [0.717, 1.165) is 69.1 Å². The maximum atomic E-state index is 12.6. The van der Waals surface area contributed by atoms with Crippen molar-refractivity contribution in [3.8, 4) is 11.5 Å². The second-order valence-electron chi connectivity index (χ2n) is 7.93. The lowest BCUT2D eigenvalue weighted by Crippen LogP contribution is -2.34. The third-order valence-electron chi connectivity index (χ3n) is 5.28. The number of ether oxygens (including phenoxy) is 2. The first-order valence-electron chi connectivity index (χ1n) is 11.4. The minimum Gasteiger partial charge on any atom is -0.497 e. The number of carbonyl (C=O) groups excluding carboxylic acids is 1. The molecule has 0 atom stereocenters. The molecule has 1 heterocycles. The lowest BCUT2D eigenvalue weighted by atomic mass is 10.2. The smallest absolute Gasteiger partial charge is 0.269 e. The molecule has 1 aliphatic rings. The number of carbonyl (C=O) groups is 1. The van der Waals surface area contributed by atoms with E-state index in [1.54, 1.807) is 7.11 Å². The monoisotopic (exact) mass is 417 g/mol. The molecule has 0 aliphatic carbocycles. The number of nitrogens with zero attached hydrogens (tertiary/aromatic N) is 2. The maximum Gasteiger partial charge on any atom is 0.269 e. The highest BCUT2D eigenvalue weighted by Crippen LogP contribution is 2.18. The van der Waals surface area contributed by atoms with Crippen molar-refractivity contribution in [1.82, 2.24) is 15.1 Å². The van der Waals surface area contributed by atoms with E-state index in [1.165, 1.54) is 19.3 Å². The Bertz CT molecular complexity index is 646. The normalized spacial score (nSPS) is 13.4. The van der Waals surface area contributed by atoms with Crippen molar-refractivity contribution >= 4 is 5.91 Å². The Labute approximate surface area is 182 Å². The highest BCUT2D eigenvalue weighted by Gasteiger charge is 2.23. The van der Waals surface area contributed by atoms with Crippen molar-refractivity contribution < 1.29 is 14.3 Å². The lowest BCUT2D eigenvalue weighted by molar-refractivity contribution is -0.118. The molecule has 6 nitrogen and oxygen atoms in total. The molecular formula is C24H39N3O3. The summed E-state index contributed by atoms with van der Waals surface area (Å²) in [5.41, 5.74) is 0.807. The van der Waals surface area contributed by atoms with E-state index in [1.807, 2.05) is 37.5 Å². The Morgan fingerprint density at radius 2 is 1.70 bits per heavy atom. The molecule has 2 rings (SSSR count). The minimum atomic E-state index is 0.0534. The van der Waals surface area contributed by atoms with Gasteiger partial charge < -0.3 is 24.6 Å². The van der Waals surface area contributed by atoms with Crippen LogP contribution in [-0.2, 0) is 4.79 Å². The van der Waals surface area contributed by atoms with Crippen LogP contribution in [0.1, 0.15) is 58.3 Å². The lowest BCUT2D eigenvalue weighted by Gasteiger charge is -2.22. The maximum absolute atomic E-state index is 12.6. The number of rotatable bonds is 15. The van der Waals surface area contributed by atoms with Crippen LogP contribution in [0.15, 0.2) is 36.2 Å². The van der Waals surface area contributed by atoms with Gasteiger partial charge in [0.05, 0.1) is 20.4 Å². The minimum absolute atomic E-state index is 0.0534. The predicted octanol–water partition coefficient (Wildman–Crippen LogP) is 4.38. The molecule has 1 aromatic carbocycles. The number of amides is 1. The van der Waals surface area contributed by atoms with Gasteiger partial charge in [-0.25, -0.2) is 0 Å². The van der Waals surface area contributed by atoms with E-state index in [2.05, 4.69) is 22.0 Å². The molecule has 30 heavy (non-hydrogen) atoms. The fraction of sp³-hybridized carbons (Fsp3) is 0.625. The number of hydrogen-bond donors (Lipinski definition) is 1. The molecule has 0 saturated carbocycles. The molecule has 0 aromatic heterocycles. The van der Waals surface area contributed by atoms with Gasteiger partial charge in [-0.05, 0) is 43.5 Å². The van der Waals surface area contributed by atoms with Crippen molar-refractivity contribution in [2.24, 2.45) is 0 Å². The van der Waals surface area contributed by atoms with Crippen LogP contribution in [0, 0.1) is 0 Å². The van der Waals surface area contributed by atoms with Gasteiger partial charge in [0.15, 0.2) is 0 Å². The average Bonchev–Trinajstić information content (AvgIpc) is 3.14. The van der Waals surface area contributed by atoms with E-state index >= 15 is 0 Å².